The molecule has 0 radical (unpaired) electrons. The van der Waals surface area contributed by atoms with Gasteiger partial charge in [0.1, 0.15) is 5.82 Å². The van der Waals surface area contributed by atoms with E-state index in [9.17, 15) is 19.1 Å². The number of rotatable bonds is 4. The minimum absolute atomic E-state index is 0.0393. The van der Waals surface area contributed by atoms with Gasteiger partial charge in [-0.05, 0) is 49.4 Å². The maximum absolute atomic E-state index is 13.1. The Labute approximate surface area is 147 Å². The fourth-order valence-electron chi connectivity index (χ4n) is 4.04. The van der Waals surface area contributed by atoms with E-state index in [1.807, 2.05) is 6.92 Å². The van der Waals surface area contributed by atoms with Gasteiger partial charge in [-0.3, -0.25) is 14.5 Å². The van der Waals surface area contributed by atoms with Gasteiger partial charge in [-0.1, -0.05) is 19.1 Å². The van der Waals surface area contributed by atoms with Crippen LogP contribution >= 0.6 is 0 Å². The molecule has 0 aliphatic carbocycles. The topological polar surface area (TPSA) is 60.9 Å². The fraction of sp³-hybridized carbons (Fsp3) is 0.579. The number of carbonyl (C=O) groups excluding carboxylic acids is 1. The molecule has 3 unspecified atom stereocenters. The average Bonchev–Trinajstić information content (AvgIpc) is 3.03. The van der Waals surface area contributed by atoms with Crippen molar-refractivity contribution in [2.24, 2.45) is 11.8 Å². The molecule has 1 aromatic rings. The molecule has 1 N–H and O–H groups in total. The number of piperidine rings is 1. The first kappa shape index (κ1) is 17.9. The molecule has 136 valence electrons. The number of amides is 1. The van der Waals surface area contributed by atoms with E-state index in [0.717, 1.165) is 24.9 Å². The molecule has 1 amide bonds. The van der Waals surface area contributed by atoms with Crippen molar-refractivity contribution in [3.05, 3.63) is 35.6 Å². The highest BCUT2D eigenvalue weighted by Gasteiger charge is 2.38. The second kappa shape index (κ2) is 7.52. The zero-order valence-electron chi connectivity index (χ0n) is 14.5. The van der Waals surface area contributed by atoms with Crippen LogP contribution in [-0.2, 0) is 16.1 Å². The van der Waals surface area contributed by atoms with Crippen molar-refractivity contribution >= 4 is 11.9 Å². The summed E-state index contributed by atoms with van der Waals surface area (Å²) < 4.78 is 13.1. The number of benzene rings is 1. The lowest BCUT2D eigenvalue weighted by Gasteiger charge is -2.37. The van der Waals surface area contributed by atoms with Crippen LogP contribution in [0, 0.1) is 17.7 Å². The summed E-state index contributed by atoms with van der Waals surface area (Å²) in [4.78, 5) is 28.2. The first-order chi connectivity index (χ1) is 11.9. The number of carboxylic acids is 1. The van der Waals surface area contributed by atoms with Crippen LogP contribution in [0.5, 0.6) is 0 Å². The number of carbonyl (C=O) groups is 2. The van der Waals surface area contributed by atoms with Gasteiger partial charge < -0.3 is 10.0 Å². The van der Waals surface area contributed by atoms with Crippen molar-refractivity contribution < 1.29 is 19.1 Å². The second-order valence-corrected chi connectivity index (χ2v) is 7.37. The van der Waals surface area contributed by atoms with Crippen LogP contribution in [0.4, 0.5) is 4.39 Å². The quantitative estimate of drug-likeness (QED) is 0.907. The van der Waals surface area contributed by atoms with Gasteiger partial charge >= 0.3 is 5.97 Å². The number of nitrogens with zero attached hydrogens (tertiary/aromatic N) is 2. The van der Waals surface area contributed by atoms with Crippen molar-refractivity contribution in [2.45, 2.75) is 38.8 Å². The molecule has 3 rings (SSSR count). The van der Waals surface area contributed by atoms with E-state index in [2.05, 4.69) is 4.90 Å². The molecular weight excluding hydrogens is 323 g/mol. The zero-order chi connectivity index (χ0) is 18.0. The standard InChI is InChI=1S/C19H25FN2O3/c1-13-9-15(19(24)25)12-22(10-13)18(23)17-3-2-8-21(17)11-14-4-6-16(20)7-5-14/h4-7,13,15,17H,2-3,8-12H2,1H3,(H,24,25). The first-order valence-corrected chi connectivity index (χ1v) is 8.94. The lowest BCUT2D eigenvalue weighted by Crippen LogP contribution is -2.51. The average molecular weight is 348 g/mol. The second-order valence-electron chi connectivity index (χ2n) is 7.37. The maximum Gasteiger partial charge on any atom is 0.308 e. The molecule has 2 fully saturated rings. The van der Waals surface area contributed by atoms with Gasteiger partial charge in [0.2, 0.25) is 5.91 Å². The number of hydrogen-bond donors (Lipinski definition) is 1. The van der Waals surface area contributed by atoms with E-state index in [1.165, 1.54) is 12.1 Å². The number of hydrogen-bond acceptors (Lipinski definition) is 3. The lowest BCUT2D eigenvalue weighted by molar-refractivity contribution is -0.148. The van der Waals surface area contributed by atoms with Gasteiger partial charge in [0.25, 0.3) is 0 Å². The molecule has 2 aliphatic heterocycles. The van der Waals surface area contributed by atoms with Crippen molar-refractivity contribution in [3.8, 4) is 0 Å². The third-order valence-electron chi connectivity index (χ3n) is 5.27. The van der Waals surface area contributed by atoms with Crippen LogP contribution in [0.1, 0.15) is 31.7 Å². The minimum atomic E-state index is -0.820. The summed E-state index contributed by atoms with van der Waals surface area (Å²) in [6.07, 6.45) is 2.37. The van der Waals surface area contributed by atoms with Gasteiger partial charge in [-0.2, -0.15) is 0 Å². The molecule has 0 aromatic heterocycles. The summed E-state index contributed by atoms with van der Waals surface area (Å²) in [7, 11) is 0. The third-order valence-corrected chi connectivity index (χ3v) is 5.27. The number of likely N-dealkylation sites (tertiary alicyclic amines) is 2. The Morgan fingerprint density at radius 2 is 1.96 bits per heavy atom. The SMILES string of the molecule is CC1CC(C(=O)O)CN(C(=O)C2CCCN2Cc2ccc(F)cc2)C1. The summed E-state index contributed by atoms with van der Waals surface area (Å²) in [5.74, 6) is -1.32. The maximum atomic E-state index is 13.1. The fourth-order valence-corrected chi connectivity index (χ4v) is 4.04. The zero-order valence-corrected chi connectivity index (χ0v) is 14.5. The smallest absolute Gasteiger partial charge is 0.308 e. The molecule has 2 saturated heterocycles. The van der Waals surface area contributed by atoms with Crippen LogP contribution < -0.4 is 0 Å². The van der Waals surface area contributed by atoms with Gasteiger partial charge in [-0.15, -0.1) is 0 Å². The molecule has 3 atom stereocenters. The minimum Gasteiger partial charge on any atom is -0.481 e. The van der Waals surface area contributed by atoms with Crippen LogP contribution in [-0.4, -0.2) is 52.5 Å². The van der Waals surface area contributed by atoms with Crippen LogP contribution in [0.25, 0.3) is 0 Å². The number of halogens is 1. The van der Waals surface area contributed by atoms with E-state index >= 15 is 0 Å². The third kappa shape index (κ3) is 4.18. The Kier molecular flexibility index (Phi) is 5.37. The predicted octanol–water partition coefficient (Wildman–Crippen LogP) is 2.36. The Hall–Kier alpha value is -1.95. The Morgan fingerprint density at radius 3 is 2.64 bits per heavy atom. The molecule has 2 heterocycles. The first-order valence-electron chi connectivity index (χ1n) is 8.94. The lowest BCUT2D eigenvalue weighted by atomic mass is 9.90. The van der Waals surface area contributed by atoms with E-state index in [1.54, 1.807) is 17.0 Å². The normalized spacial score (nSPS) is 27.4. The van der Waals surface area contributed by atoms with Crippen molar-refractivity contribution in [1.82, 2.24) is 9.80 Å². The van der Waals surface area contributed by atoms with E-state index in [-0.39, 0.29) is 23.7 Å². The van der Waals surface area contributed by atoms with Crippen molar-refractivity contribution in [2.75, 3.05) is 19.6 Å². The van der Waals surface area contributed by atoms with Gasteiger partial charge in [0, 0.05) is 19.6 Å². The summed E-state index contributed by atoms with van der Waals surface area (Å²) in [6, 6.07) is 6.17. The Balaban J connectivity index is 1.67. The highest BCUT2D eigenvalue weighted by atomic mass is 19.1. The summed E-state index contributed by atoms with van der Waals surface area (Å²) in [5, 5.41) is 9.31. The highest BCUT2D eigenvalue weighted by Crippen LogP contribution is 2.27. The molecule has 6 heteroatoms. The van der Waals surface area contributed by atoms with Crippen LogP contribution in [0.2, 0.25) is 0 Å². The van der Waals surface area contributed by atoms with Gasteiger partial charge in [0.15, 0.2) is 0 Å². The summed E-state index contributed by atoms with van der Waals surface area (Å²) in [5.41, 5.74) is 0.983. The molecule has 1 aromatic carbocycles. The largest absolute Gasteiger partial charge is 0.481 e. The van der Waals surface area contributed by atoms with Crippen LogP contribution in [0.15, 0.2) is 24.3 Å². The highest BCUT2D eigenvalue weighted by molar-refractivity contribution is 5.83. The number of aliphatic carboxylic acids is 1. The van der Waals surface area contributed by atoms with E-state index in [0.29, 0.717) is 26.1 Å². The van der Waals surface area contributed by atoms with Crippen molar-refractivity contribution in [1.29, 1.82) is 0 Å². The summed E-state index contributed by atoms with van der Waals surface area (Å²) >= 11 is 0. The molecule has 2 aliphatic rings. The Morgan fingerprint density at radius 1 is 1.24 bits per heavy atom. The van der Waals surface area contributed by atoms with E-state index in [4.69, 9.17) is 0 Å². The van der Waals surface area contributed by atoms with Crippen LogP contribution in [0.3, 0.4) is 0 Å². The predicted molar refractivity (Wildman–Crippen MR) is 91.3 cm³/mol. The molecular formula is C19H25FN2O3. The molecule has 0 bridgehead atoms. The van der Waals surface area contributed by atoms with E-state index < -0.39 is 11.9 Å². The molecule has 0 spiro atoms. The van der Waals surface area contributed by atoms with Crippen molar-refractivity contribution in [3.63, 3.8) is 0 Å². The molecule has 5 nitrogen and oxygen atoms in total. The van der Waals surface area contributed by atoms with Gasteiger partial charge in [-0.25, -0.2) is 4.39 Å². The molecule has 25 heavy (non-hydrogen) atoms. The number of carboxylic acid groups (broad SMARTS) is 1. The Bertz CT molecular complexity index is 634. The molecule has 0 saturated carbocycles. The van der Waals surface area contributed by atoms with Gasteiger partial charge in [0.05, 0.1) is 12.0 Å². The summed E-state index contributed by atoms with van der Waals surface area (Å²) in [6.45, 7) is 4.38. The monoisotopic (exact) mass is 348 g/mol.